The Morgan fingerprint density at radius 1 is 0.889 bits per heavy atom. The van der Waals surface area contributed by atoms with Gasteiger partial charge in [0.25, 0.3) is 0 Å². The molecule has 5 nitrogen and oxygen atoms in total. The Morgan fingerprint density at radius 3 is 2.07 bits per heavy atom. The molecule has 0 amide bonds. The summed E-state index contributed by atoms with van der Waals surface area (Å²) >= 11 is 0. The van der Waals surface area contributed by atoms with Gasteiger partial charge in [0.05, 0.1) is 39.6 Å². The highest BCUT2D eigenvalue weighted by molar-refractivity contribution is 5.38. The quantitative estimate of drug-likeness (QED) is 0.376. The van der Waals surface area contributed by atoms with Gasteiger partial charge in [-0.25, -0.2) is 0 Å². The molecule has 1 aromatic rings. The van der Waals surface area contributed by atoms with Crippen molar-refractivity contribution in [3.8, 4) is 17.6 Å². The molecule has 0 aliphatic carbocycles. The lowest BCUT2D eigenvalue weighted by atomic mass is 10.1. The molecule has 27 heavy (non-hydrogen) atoms. The molecule has 0 radical (unpaired) electrons. The fourth-order valence-electron chi connectivity index (χ4n) is 2.28. The maximum absolute atomic E-state index is 5.67. The van der Waals surface area contributed by atoms with Crippen LogP contribution < -0.4 is 10.1 Å². The standard InChI is InChI=1S/C22H35NO4/c1-4-5-20(2)6-7-21-8-10-22(11-9-21)27-19-18-26-17-16-25-15-14-24-13-12-23-3/h8-11,20,23H,4-5,12-19H2,1-3H3. The van der Waals surface area contributed by atoms with E-state index >= 15 is 0 Å². The molecule has 0 heterocycles. The number of benzene rings is 1. The zero-order chi connectivity index (χ0) is 19.6. The number of nitrogens with one attached hydrogen (secondary N) is 1. The highest BCUT2D eigenvalue weighted by Gasteiger charge is 1.97. The van der Waals surface area contributed by atoms with Gasteiger partial charge in [-0.15, -0.1) is 0 Å². The second-order valence-electron chi connectivity index (χ2n) is 6.27. The van der Waals surface area contributed by atoms with Crippen LogP contribution in [-0.2, 0) is 14.2 Å². The highest BCUT2D eigenvalue weighted by Crippen LogP contribution is 2.12. The molecule has 1 N–H and O–H groups in total. The first kappa shape index (κ1) is 23.5. The Labute approximate surface area is 164 Å². The molecule has 0 aromatic heterocycles. The molecule has 0 saturated carbocycles. The molecule has 1 atom stereocenters. The summed E-state index contributed by atoms with van der Waals surface area (Å²) < 4.78 is 21.9. The predicted octanol–water partition coefficient (Wildman–Crippen LogP) is 3.12. The van der Waals surface area contributed by atoms with Gasteiger partial charge in [-0.2, -0.15) is 0 Å². The van der Waals surface area contributed by atoms with E-state index in [1.54, 1.807) is 0 Å². The number of ether oxygens (including phenoxy) is 4. The lowest BCUT2D eigenvalue weighted by Crippen LogP contribution is -2.17. The van der Waals surface area contributed by atoms with Crippen LogP contribution in [0.2, 0.25) is 0 Å². The van der Waals surface area contributed by atoms with Crippen LogP contribution in [0.25, 0.3) is 0 Å². The number of rotatable bonds is 15. The molecule has 0 fully saturated rings. The molecular weight excluding hydrogens is 342 g/mol. The van der Waals surface area contributed by atoms with E-state index in [1.165, 1.54) is 6.42 Å². The lowest BCUT2D eigenvalue weighted by molar-refractivity contribution is 0.0100. The number of hydrogen-bond donors (Lipinski definition) is 1. The summed E-state index contributed by atoms with van der Waals surface area (Å²) in [5.41, 5.74) is 1.02. The van der Waals surface area contributed by atoms with E-state index < -0.39 is 0 Å². The first-order chi connectivity index (χ1) is 13.3. The Hall–Kier alpha value is -1.58. The molecule has 0 spiro atoms. The van der Waals surface area contributed by atoms with Gasteiger partial charge in [-0.3, -0.25) is 0 Å². The van der Waals surface area contributed by atoms with Crippen LogP contribution >= 0.6 is 0 Å². The third-order valence-corrected chi connectivity index (χ3v) is 3.78. The number of likely N-dealkylation sites (N-methyl/N-ethyl adjacent to an activating group) is 1. The minimum atomic E-state index is 0.443. The number of hydrogen-bond acceptors (Lipinski definition) is 5. The van der Waals surface area contributed by atoms with Gasteiger partial charge in [0.1, 0.15) is 12.4 Å². The Bertz CT molecular complexity index is 521. The lowest BCUT2D eigenvalue weighted by Gasteiger charge is -2.08. The zero-order valence-electron chi connectivity index (χ0n) is 17.1. The van der Waals surface area contributed by atoms with Crippen molar-refractivity contribution >= 4 is 0 Å². The van der Waals surface area contributed by atoms with E-state index in [-0.39, 0.29) is 0 Å². The average Bonchev–Trinajstić information content (AvgIpc) is 2.68. The maximum atomic E-state index is 5.67. The SMILES string of the molecule is CCCC(C)C#Cc1ccc(OCCOCCOCCOCCNC)cc1. The summed E-state index contributed by atoms with van der Waals surface area (Å²) in [6, 6.07) is 7.89. The summed E-state index contributed by atoms with van der Waals surface area (Å²) in [5, 5.41) is 3.02. The molecule has 1 rings (SSSR count). The molecule has 0 saturated heterocycles. The van der Waals surface area contributed by atoms with Crippen molar-refractivity contribution in [2.75, 3.05) is 59.8 Å². The molecule has 5 heteroatoms. The van der Waals surface area contributed by atoms with Crippen LogP contribution in [0, 0.1) is 17.8 Å². The first-order valence-corrected chi connectivity index (χ1v) is 9.88. The predicted molar refractivity (Wildman–Crippen MR) is 109 cm³/mol. The zero-order valence-corrected chi connectivity index (χ0v) is 17.1. The van der Waals surface area contributed by atoms with E-state index in [0.29, 0.717) is 52.2 Å². The monoisotopic (exact) mass is 377 g/mol. The van der Waals surface area contributed by atoms with Crippen LogP contribution in [0.5, 0.6) is 5.75 Å². The summed E-state index contributed by atoms with van der Waals surface area (Å²) in [6.45, 7) is 9.31. The van der Waals surface area contributed by atoms with Crippen molar-refractivity contribution in [1.82, 2.24) is 5.32 Å². The fourth-order valence-corrected chi connectivity index (χ4v) is 2.28. The van der Waals surface area contributed by atoms with Crippen molar-refractivity contribution in [3.05, 3.63) is 29.8 Å². The molecule has 152 valence electrons. The topological polar surface area (TPSA) is 49.0 Å². The van der Waals surface area contributed by atoms with Crippen LogP contribution in [0.3, 0.4) is 0 Å². The highest BCUT2D eigenvalue weighted by atomic mass is 16.6. The second-order valence-corrected chi connectivity index (χ2v) is 6.27. The third kappa shape index (κ3) is 13.3. The Kier molecular flexibility index (Phi) is 14.4. The van der Waals surface area contributed by atoms with Crippen molar-refractivity contribution in [2.24, 2.45) is 5.92 Å². The van der Waals surface area contributed by atoms with Gasteiger partial charge in [-0.05, 0) is 37.7 Å². The van der Waals surface area contributed by atoms with Crippen molar-refractivity contribution in [2.45, 2.75) is 26.7 Å². The molecule has 0 bridgehead atoms. The summed E-state index contributed by atoms with van der Waals surface area (Å²) in [6.07, 6.45) is 2.31. The minimum absolute atomic E-state index is 0.443. The molecule has 1 unspecified atom stereocenters. The Morgan fingerprint density at radius 2 is 1.48 bits per heavy atom. The minimum Gasteiger partial charge on any atom is -0.491 e. The van der Waals surface area contributed by atoms with Gasteiger partial charge in [-0.1, -0.05) is 32.1 Å². The normalized spacial score (nSPS) is 11.7. The van der Waals surface area contributed by atoms with Gasteiger partial charge in [0.15, 0.2) is 0 Å². The van der Waals surface area contributed by atoms with Gasteiger partial charge in [0, 0.05) is 18.0 Å². The summed E-state index contributed by atoms with van der Waals surface area (Å²) in [5.74, 6) is 7.77. The molecule has 0 aliphatic heterocycles. The maximum Gasteiger partial charge on any atom is 0.119 e. The molecule has 1 aromatic carbocycles. The fraction of sp³-hybridized carbons (Fsp3) is 0.636. The molecular formula is C22H35NO4. The average molecular weight is 378 g/mol. The van der Waals surface area contributed by atoms with Crippen LogP contribution in [-0.4, -0.2) is 59.8 Å². The van der Waals surface area contributed by atoms with Gasteiger partial charge < -0.3 is 24.3 Å². The van der Waals surface area contributed by atoms with E-state index in [4.69, 9.17) is 18.9 Å². The van der Waals surface area contributed by atoms with E-state index in [0.717, 1.165) is 24.3 Å². The molecule has 0 aliphatic rings. The van der Waals surface area contributed by atoms with E-state index in [1.807, 2.05) is 31.3 Å². The van der Waals surface area contributed by atoms with Gasteiger partial charge in [0.2, 0.25) is 0 Å². The van der Waals surface area contributed by atoms with E-state index in [2.05, 4.69) is 31.0 Å². The van der Waals surface area contributed by atoms with Crippen LogP contribution in [0.15, 0.2) is 24.3 Å². The smallest absolute Gasteiger partial charge is 0.119 e. The van der Waals surface area contributed by atoms with Crippen molar-refractivity contribution < 1.29 is 18.9 Å². The Balaban J connectivity index is 2.02. The van der Waals surface area contributed by atoms with E-state index in [9.17, 15) is 0 Å². The van der Waals surface area contributed by atoms with Crippen LogP contribution in [0.1, 0.15) is 32.3 Å². The third-order valence-electron chi connectivity index (χ3n) is 3.78. The van der Waals surface area contributed by atoms with Gasteiger partial charge >= 0.3 is 0 Å². The largest absolute Gasteiger partial charge is 0.491 e. The van der Waals surface area contributed by atoms with Crippen molar-refractivity contribution in [1.29, 1.82) is 0 Å². The summed E-state index contributed by atoms with van der Waals surface area (Å²) in [4.78, 5) is 0. The van der Waals surface area contributed by atoms with Crippen molar-refractivity contribution in [3.63, 3.8) is 0 Å². The summed E-state index contributed by atoms with van der Waals surface area (Å²) in [7, 11) is 1.90. The second kappa shape index (κ2) is 16.6. The van der Waals surface area contributed by atoms with Crippen LogP contribution in [0.4, 0.5) is 0 Å². The first-order valence-electron chi connectivity index (χ1n) is 9.88.